The van der Waals surface area contributed by atoms with Gasteiger partial charge in [0.05, 0.1) is 27.2 Å². The lowest BCUT2D eigenvalue weighted by molar-refractivity contribution is 0.104. The maximum absolute atomic E-state index is 13.2. The Morgan fingerprint density at radius 3 is 2.51 bits per heavy atom. The molecule has 0 spiro atoms. The topological polar surface area (TPSA) is 87.5 Å². The predicted octanol–water partition coefficient (Wildman–Crippen LogP) is 4.01. The van der Waals surface area contributed by atoms with E-state index in [0.717, 1.165) is 42.8 Å². The number of nitrogens with zero attached hydrogens (tertiary/aromatic N) is 4. The largest absolute Gasteiger partial charge is 0.298 e. The highest BCUT2D eigenvalue weighted by molar-refractivity contribution is 9.10. The molecule has 2 aromatic carbocycles. The number of benzene rings is 2. The van der Waals surface area contributed by atoms with Crippen molar-refractivity contribution >= 4 is 54.0 Å². The lowest BCUT2D eigenvalue weighted by Gasteiger charge is -2.37. The molecule has 1 aliphatic rings. The van der Waals surface area contributed by atoms with E-state index in [9.17, 15) is 13.2 Å². The van der Waals surface area contributed by atoms with Gasteiger partial charge in [0, 0.05) is 48.3 Å². The van der Waals surface area contributed by atoms with Gasteiger partial charge in [0.1, 0.15) is 6.33 Å². The third-order valence-corrected chi connectivity index (χ3v) is 9.11. The van der Waals surface area contributed by atoms with E-state index in [-0.39, 0.29) is 21.9 Å². The Morgan fingerprint density at radius 2 is 1.86 bits per heavy atom. The van der Waals surface area contributed by atoms with Gasteiger partial charge in [-0.05, 0) is 49.7 Å². The molecule has 0 saturated carbocycles. The maximum Gasteiger partial charge on any atom is 0.280 e. The number of hydrogen-bond donors (Lipinski definition) is 1. The summed E-state index contributed by atoms with van der Waals surface area (Å²) >= 11 is 9.73. The van der Waals surface area contributed by atoms with E-state index in [2.05, 4.69) is 50.0 Å². The minimum absolute atomic E-state index is 0.0730. The van der Waals surface area contributed by atoms with Crippen LogP contribution in [0.3, 0.4) is 0 Å². The van der Waals surface area contributed by atoms with Crippen molar-refractivity contribution in [1.29, 1.82) is 0 Å². The SMILES string of the molecule is CCS(=O)(=O)c1ccc(Cl)cc1Nn1cnc2cc(CN3CCN(C(C)C)CC3)c(Br)cc2c1=O. The average Bonchev–Trinajstić information content (AvgIpc) is 2.82. The number of anilines is 1. The number of sulfone groups is 1. The molecule has 0 aliphatic carbocycles. The summed E-state index contributed by atoms with van der Waals surface area (Å²) in [6.07, 6.45) is 1.37. The lowest BCUT2D eigenvalue weighted by atomic mass is 10.1. The van der Waals surface area contributed by atoms with Gasteiger partial charge >= 0.3 is 0 Å². The Balaban J connectivity index is 1.62. The Morgan fingerprint density at radius 1 is 1.14 bits per heavy atom. The molecule has 2 heterocycles. The zero-order valence-corrected chi connectivity index (χ0v) is 23.1. The third-order valence-electron chi connectivity index (χ3n) is 6.35. The standard InChI is InChI=1S/C24H29BrClN5O3S/c1-4-35(33,34)23-6-5-18(26)12-22(23)28-31-15-27-21-11-17(20(25)13-19(21)24(31)32)14-29-7-9-30(10-8-29)16(2)3/h5-6,11-13,15-16,28H,4,7-10,14H2,1-3H3. The summed E-state index contributed by atoms with van der Waals surface area (Å²) in [6, 6.07) is 8.70. The second-order valence-corrected chi connectivity index (χ2v) is 12.5. The molecular weight excluding hydrogens is 554 g/mol. The number of hydrogen-bond acceptors (Lipinski definition) is 7. The number of piperazine rings is 1. The monoisotopic (exact) mass is 581 g/mol. The van der Waals surface area contributed by atoms with Crippen LogP contribution >= 0.6 is 27.5 Å². The van der Waals surface area contributed by atoms with Crippen molar-refractivity contribution in [3.8, 4) is 0 Å². The van der Waals surface area contributed by atoms with Crippen LogP contribution < -0.4 is 11.0 Å². The first-order chi connectivity index (χ1) is 16.6. The number of rotatable bonds is 7. The molecule has 0 bridgehead atoms. The molecule has 8 nitrogen and oxygen atoms in total. The molecule has 1 fully saturated rings. The quantitative estimate of drug-likeness (QED) is 0.450. The highest BCUT2D eigenvalue weighted by atomic mass is 79.9. The van der Waals surface area contributed by atoms with Gasteiger partial charge in [-0.15, -0.1) is 0 Å². The molecule has 0 amide bonds. The third kappa shape index (κ3) is 5.72. The van der Waals surface area contributed by atoms with Crippen LogP contribution in [0.4, 0.5) is 5.69 Å². The second kappa shape index (κ2) is 10.6. The van der Waals surface area contributed by atoms with Crippen molar-refractivity contribution < 1.29 is 8.42 Å². The number of fused-ring (bicyclic) bond motifs is 1. The van der Waals surface area contributed by atoms with E-state index in [1.165, 1.54) is 29.2 Å². The average molecular weight is 583 g/mol. The zero-order valence-electron chi connectivity index (χ0n) is 20.0. The van der Waals surface area contributed by atoms with Crippen molar-refractivity contribution in [2.24, 2.45) is 0 Å². The summed E-state index contributed by atoms with van der Waals surface area (Å²) in [6.45, 7) is 10.8. The molecule has 35 heavy (non-hydrogen) atoms. The Bertz CT molecular complexity index is 1400. The fourth-order valence-electron chi connectivity index (χ4n) is 4.21. The fraction of sp³-hybridized carbons (Fsp3) is 0.417. The summed E-state index contributed by atoms with van der Waals surface area (Å²) in [5.74, 6) is -0.0730. The highest BCUT2D eigenvalue weighted by Gasteiger charge is 2.21. The smallest absolute Gasteiger partial charge is 0.280 e. The highest BCUT2D eigenvalue weighted by Crippen LogP contribution is 2.27. The summed E-state index contributed by atoms with van der Waals surface area (Å²) < 4.78 is 27.1. The van der Waals surface area contributed by atoms with Crippen LogP contribution in [0.25, 0.3) is 10.9 Å². The van der Waals surface area contributed by atoms with Crippen LogP contribution in [-0.2, 0) is 16.4 Å². The minimum Gasteiger partial charge on any atom is -0.298 e. The van der Waals surface area contributed by atoms with E-state index in [0.29, 0.717) is 22.0 Å². The van der Waals surface area contributed by atoms with Gasteiger partial charge in [0.2, 0.25) is 0 Å². The molecule has 0 radical (unpaired) electrons. The van der Waals surface area contributed by atoms with Gasteiger partial charge in [0.25, 0.3) is 5.56 Å². The van der Waals surface area contributed by atoms with Gasteiger partial charge < -0.3 is 0 Å². The van der Waals surface area contributed by atoms with Crippen molar-refractivity contribution in [3.05, 3.63) is 62.1 Å². The van der Waals surface area contributed by atoms with Crippen molar-refractivity contribution in [2.45, 2.75) is 38.3 Å². The molecule has 188 valence electrons. The van der Waals surface area contributed by atoms with Crippen LogP contribution in [0.15, 0.2) is 50.8 Å². The van der Waals surface area contributed by atoms with Gasteiger partial charge in [0.15, 0.2) is 9.84 Å². The molecule has 1 aromatic heterocycles. The molecule has 3 aromatic rings. The Hall–Kier alpha value is -1.98. The molecule has 1 saturated heterocycles. The molecule has 0 atom stereocenters. The van der Waals surface area contributed by atoms with Crippen LogP contribution in [0, 0.1) is 0 Å². The van der Waals surface area contributed by atoms with Crippen molar-refractivity contribution in [1.82, 2.24) is 19.5 Å². The number of nitrogens with one attached hydrogen (secondary N) is 1. The molecule has 11 heteroatoms. The summed E-state index contributed by atoms with van der Waals surface area (Å²) in [7, 11) is -3.53. The van der Waals surface area contributed by atoms with Gasteiger partial charge in [-0.25, -0.2) is 18.1 Å². The lowest BCUT2D eigenvalue weighted by Crippen LogP contribution is -2.48. The Kier molecular flexibility index (Phi) is 7.87. The van der Waals surface area contributed by atoms with Crippen LogP contribution in [0.1, 0.15) is 26.3 Å². The summed E-state index contributed by atoms with van der Waals surface area (Å²) in [5, 5.41) is 0.771. The normalized spacial score (nSPS) is 15.7. The van der Waals surface area contributed by atoms with Crippen LogP contribution in [0.5, 0.6) is 0 Å². The van der Waals surface area contributed by atoms with Crippen LogP contribution in [-0.4, -0.2) is 65.9 Å². The van der Waals surface area contributed by atoms with Crippen molar-refractivity contribution in [2.75, 3.05) is 37.4 Å². The minimum atomic E-state index is -3.53. The summed E-state index contributed by atoms with van der Waals surface area (Å²) in [5.41, 5.74) is 4.41. The first-order valence-corrected chi connectivity index (χ1v) is 14.4. The molecule has 4 rings (SSSR count). The summed E-state index contributed by atoms with van der Waals surface area (Å²) in [4.78, 5) is 22.7. The van der Waals surface area contributed by atoms with Crippen LogP contribution in [0.2, 0.25) is 5.02 Å². The van der Waals surface area contributed by atoms with Crippen molar-refractivity contribution in [3.63, 3.8) is 0 Å². The Labute approximate surface area is 218 Å². The molecule has 1 aliphatic heterocycles. The van der Waals surface area contributed by atoms with E-state index in [1.807, 2.05) is 6.07 Å². The van der Waals surface area contributed by atoms with Gasteiger partial charge in [-0.2, -0.15) is 0 Å². The molecular formula is C24H29BrClN5O3S. The van der Waals surface area contributed by atoms with E-state index < -0.39 is 9.84 Å². The molecule has 0 unspecified atom stereocenters. The van der Waals surface area contributed by atoms with E-state index in [4.69, 9.17) is 11.6 Å². The van der Waals surface area contributed by atoms with Gasteiger partial charge in [-0.1, -0.05) is 34.5 Å². The zero-order chi connectivity index (χ0) is 25.3. The second-order valence-electron chi connectivity index (χ2n) is 8.94. The maximum atomic E-state index is 13.2. The number of halogens is 2. The number of aromatic nitrogens is 2. The van der Waals surface area contributed by atoms with E-state index in [1.54, 1.807) is 13.0 Å². The predicted molar refractivity (Wildman–Crippen MR) is 144 cm³/mol. The first-order valence-electron chi connectivity index (χ1n) is 11.5. The van der Waals surface area contributed by atoms with Gasteiger partial charge in [-0.3, -0.25) is 20.0 Å². The van der Waals surface area contributed by atoms with E-state index >= 15 is 0 Å². The fourth-order valence-corrected chi connectivity index (χ4v) is 5.88. The first kappa shape index (κ1) is 26.1. The molecule has 1 N–H and O–H groups in total.